The summed E-state index contributed by atoms with van der Waals surface area (Å²) in [6, 6.07) is 1.91. The molecule has 1 N–H and O–H groups in total. The van der Waals surface area contributed by atoms with Crippen LogP contribution in [-0.4, -0.2) is 76.2 Å². The zero-order valence-corrected chi connectivity index (χ0v) is 17.4. The lowest BCUT2D eigenvalue weighted by Gasteiger charge is -2.38. The van der Waals surface area contributed by atoms with Gasteiger partial charge in [0.25, 0.3) is 11.8 Å². The fourth-order valence-corrected chi connectivity index (χ4v) is 4.87. The molecule has 0 aromatic carbocycles. The second-order valence-corrected chi connectivity index (χ2v) is 8.49. The Morgan fingerprint density at radius 2 is 1.87 bits per heavy atom. The molecule has 0 bridgehead atoms. The zero-order valence-electron chi connectivity index (χ0n) is 17.4. The number of nitrogens with zero attached hydrogens (tertiary/aromatic N) is 3. The number of rotatable bonds is 3. The first kappa shape index (κ1) is 20.4. The van der Waals surface area contributed by atoms with Crippen molar-refractivity contribution < 1.29 is 23.6 Å². The maximum Gasteiger partial charge on any atom is 0.325 e. The number of piperazine rings is 1. The van der Waals surface area contributed by atoms with Crippen molar-refractivity contribution in [2.75, 3.05) is 26.2 Å². The summed E-state index contributed by atoms with van der Waals surface area (Å²) in [5.41, 5.74) is -0.877. The molecule has 5 amide bonds. The molecular weight excluding hydrogens is 388 g/mol. The highest BCUT2D eigenvalue weighted by atomic mass is 16.3. The lowest BCUT2D eigenvalue weighted by Crippen LogP contribution is -2.57. The van der Waals surface area contributed by atoms with Crippen molar-refractivity contribution in [3.63, 3.8) is 0 Å². The van der Waals surface area contributed by atoms with Crippen LogP contribution < -0.4 is 5.32 Å². The largest absolute Gasteiger partial charge is 0.459 e. The lowest BCUT2D eigenvalue weighted by molar-refractivity contribution is -0.145. The van der Waals surface area contributed by atoms with Crippen LogP contribution in [-0.2, 0) is 9.59 Å². The zero-order chi connectivity index (χ0) is 21.5. The molecule has 162 valence electrons. The van der Waals surface area contributed by atoms with E-state index in [-0.39, 0.29) is 29.4 Å². The summed E-state index contributed by atoms with van der Waals surface area (Å²) in [7, 11) is 0. The summed E-state index contributed by atoms with van der Waals surface area (Å²) in [5.74, 6) is -0.445. The Bertz CT molecular complexity index is 846. The van der Waals surface area contributed by atoms with Crippen molar-refractivity contribution in [1.82, 2.24) is 20.0 Å². The summed E-state index contributed by atoms with van der Waals surface area (Å²) >= 11 is 0. The van der Waals surface area contributed by atoms with E-state index in [0.717, 1.165) is 24.2 Å². The number of hydrogen-bond donors (Lipinski definition) is 1. The fraction of sp³-hybridized carbons (Fsp3) is 0.619. The van der Waals surface area contributed by atoms with Crippen molar-refractivity contribution >= 4 is 23.8 Å². The van der Waals surface area contributed by atoms with Crippen LogP contribution in [0.25, 0.3) is 0 Å². The van der Waals surface area contributed by atoms with Crippen molar-refractivity contribution in [3.05, 3.63) is 24.2 Å². The highest BCUT2D eigenvalue weighted by Gasteiger charge is 2.57. The summed E-state index contributed by atoms with van der Waals surface area (Å²) < 4.78 is 5.16. The standard InChI is InChI=1S/C21H28N4O5/c1-14-6-3-4-8-21(14)19(28)25(20(29)22-21)15(2)17(26)23-9-11-24(12-10-23)18(27)16-7-5-13-30-16/h5,7,13-15H,3-4,6,8-12H2,1-2H3,(H,22,29)/t14-,15-,21-/m1/s1. The average Bonchev–Trinajstić information content (AvgIpc) is 3.36. The number of hydrogen-bond acceptors (Lipinski definition) is 5. The lowest BCUT2D eigenvalue weighted by atomic mass is 9.73. The summed E-state index contributed by atoms with van der Waals surface area (Å²) in [6.45, 7) is 5.04. The minimum absolute atomic E-state index is 0.0474. The Morgan fingerprint density at radius 1 is 1.17 bits per heavy atom. The van der Waals surface area contributed by atoms with Crippen LogP contribution in [0.2, 0.25) is 0 Å². The molecule has 3 fully saturated rings. The third-order valence-corrected chi connectivity index (χ3v) is 6.80. The van der Waals surface area contributed by atoms with Gasteiger partial charge in [0.05, 0.1) is 6.26 Å². The van der Waals surface area contributed by atoms with Gasteiger partial charge in [-0.1, -0.05) is 19.8 Å². The topological polar surface area (TPSA) is 103 Å². The predicted octanol–water partition coefficient (Wildman–Crippen LogP) is 1.45. The monoisotopic (exact) mass is 416 g/mol. The Morgan fingerprint density at radius 3 is 2.50 bits per heavy atom. The number of amides is 5. The van der Waals surface area contributed by atoms with Crippen molar-refractivity contribution in [2.24, 2.45) is 5.92 Å². The van der Waals surface area contributed by atoms with E-state index in [9.17, 15) is 19.2 Å². The van der Waals surface area contributed by atoms with Crippen LogP contribution in [0.5, 0.6) is 0 Å². The molecule has 0 radical (unpaired) electrons. The van der Waals surface area contributed by atoms with Gasteiger partial charge in [-0.3, -0.25) is 14.4 Å². The van der Waals surface area contributed by atoms with E-state index in [1.165, 1.54) is 6.26 Å². The van der Waals surface area contributed by atoms with E-state index in [4.69, 9.17) is 4.42 Å². The van der Waals surface area contributed by atoms with Crippen LogP contribution in [0, 0.1) is 5.92 Å². The minimum atomic E-state index is -0.877. The molecule has 30 heavy (non-hydrogen) atoms. The van der Waals surface area contributed by atoms with E-state index in [1.807, 2.05) is 6.92 Å². The number of furan rings is 1. The van der Waals surface area contributed by atoms with Gasteiger partial charge in [0.2, 0.25) is 5.91 Å². The molecule has 3 aliphatic rings. The molecule has 3 atom stereocenters. The average molecular weight is 416 g/mol. The molecule has 4 rings (SSSR count). The van der Waals surface area contributed by atoms with E-state index in [2.05, 4.69) is 5.32 Å². The molecule has 0 unspecified atom stereocenters. The Balaban J connectivity index is 1.40. The minimum Gasteiger partial charge on any atom is -0.459 e. The van der Waals surface area contributed by atoms with Gasteiger partial charge in [-0.15, -0.1) is 0 Å². The molecule has 1 aromatic heterocycles. The van der Waals surface area contributed by atoms with Gasteiger partial charge < -0.3 is 19.5 Å². The van der Waals surface area contributed by atoms with E-state index < -0.39 is 17.6 Å². The SMILES string of the molecule is C[C@H](C(=O)N1CCN(C(=O)c2ccco2)CC1)N1C(=O)N[C@@]2(CCCC[C@H]2C)C1=O. The van der Waals surface area contributed by atoms with Crippen molar-refractivity contribution in [1.29, 1.82) is 0 Å². The molecular formula is C21H28N4O5. The van der Waals surface area contributed by atoms with E-state index in [1.54, 1.807) is 28.9 Å². The fourth-order valence-electron chi connectivity index (χ4n) is 4.87. The first-order valence-electron chi connectivity index (χ1n) is 10.6. The molecule has 1 saturated carbocycles. The van der Waals surface area contributed by atoms with Gasteiger partial charge in [0, 0.05) is 26.2 Å². The van der Waals surface area contributed by atoms with Gasteiger partial charge in [0.15, 0.2) is 5.76 Å². The molecule has 9 nitrogen and oxygen atoms in total. The first-order valence-corrected chi connectivity index (χ1v) is 10.6. The van der Waals surface area contributed by atoms with Gasteiger partial charge in [0.1, 0.15) is 11.6 Å². The molecule has 1 spiro atoms. The quantitative estimate of drug-likeness (QED) is 0.752. The highest BCUT2D eigenvalue weighted by Crippen LogP contribution is 2.38. The molecule has 2 aliphatic heterocycles. The number of nitrogens with one attached hydrogen (secondary N) is 1. The van der Waals surface area contributed by atoms with Crippen LogP contribution in [0.3, 0.4) is 0 Å². The second-order valence-electron chi connectivity index (χ2n) is 8.49. The molecule has 2 saturated heterocycles. The van der Waals surface area contributed by atoms with Gasteiger partial charge in [-0.2, -0.15) is 0 Å². The number of imide groups is 1. The van der Waals surface area contributed by atoms with Crippen molar-refractivity contribution in [2.45, 2.75) is 51.1 Å². The van der Waals surface area contributed by atoms with Gasteiger partial charge in [-0.25, -0.2) is 9.69 Å². The van der Waals surface area contributed by atoms with E-state index >= 15 is 0 Å². The Hall–Kier alpha value is -2.84. The normalized spacial score (nSPS) is 28.1. The van der Waals surface area contributed by atoms with Crippen LogP contribution in [0.1, 0.15) is 50.1 Å². The van der Waals surface area contributed by atoms with Gasteiger partial charge in [-0.05, 0) is 37.8 Å². The summed E-state index contributed by atoms with van der Waals surface area (Å²) in [5, 5.41) is 2.90. The third-order valence-electron chi connectivity index (χ3n) is 6.80. The number of urea groups is 1. The Labute approximate surface area is 175 Å². The van der Waals surface area contributed by atoms with E-state index in [0.29, 0.717) is 32.6 Å². The van der Waals surface area contributed by atoms with Crippen molar-refractivity contribution in [3.8, 4) is 0 Å². The predicted molar refractivity (Wildman–Crippen MR) is 106 cm³/mol. The number of carbonyl (C=O) groups is 4. The smallest absolute Gasteiger partial charge is 0.325 e. The van der Waals surface area contributed by atoms with Crippen LogP contribution in [0.4, 0.5) is 4.79 Å². The molecule has 3 heterocycles. The van der Waals surface area contributed by atoms with Crippen LogP contribution in [0.15, 0.2) is 22.8 Å². The highest BCUT2D eigenvalue weighted by molar-refractivity contribution is 6.10. The molecule has 1 aromatic rings. The maximum absolute atomic E-state index is 13.2. The second kappa shape index (κ2) is 7.77. The van der Waals surface area contributed by atoms with Crippen LogP contribution >= 0.6 is 0 Å². The molecule has 1 aliphatic carbocycles. The summed E-state index contributed by atoms with van der Waals surface area (Å²) in [6.07, 6.45) is 4.88. The number of carbonyl (C=O) groups excluding carboxylic acids is 4. The third kappa shape index (κ3) is 3.26. The Kier molecular flexibility index (Phi) is 5.29. The first-order chi connectivity index (χ1) is 14.3. The van der Waals surface area contributed by atoms with Gasteiger partial charge >= 0.3 is 6.03 Å². The molecule has 9 heteroatoms. The summed E-state index contributed by atoms with van der Waals surface area (Å²) in [4.78, 5) is 55.7. The maximum atomic E-state index is 13.2.